The standard InChI is InChI=1S/C5H10O5P/c1-8-5(6)4-11(7)9-2-3-10-11/h7H,2-4H2,1H3. The van der Waals surface area contributed by atoms with Crippen molar-refractivity contribution in [2.75, 3.05) is 26.5 Å². The van der Waals surface area contributed by atoms with Gasteiger partial charge in [-0.05, 0) is 0 Å². The lowest BCUT2D eigenvalue weighted by molar-refractivity contribution is -0.137. The summed E-state index contributed by atoms with van der Waals surface area (Å²) in [6.45, 7) is 0.697. The van der Waals surface area contributed by atoms with Crippen LogP contribution in [0.4, 0.5) is 0 Å². The van der Waals surface area contributed by atoms with Crippen LogP contribution in [0, 0.1) is 0 Å². The minimum Gasteiger partial charge on any atom is -0.469 e. The van der Waals surface area contributed by atoms with Gasteiger partial charge in [-0.3, -0.25) is 4.79 Å². The normalized spacial score (nSPS) is 21.6. The minimum absolute atomic E-state index is 0.177. The molecule has 0 atom stereocenters. The average Bonchev–Trinajstić information content (AvgIpc) is 2.36. The molecule has 0 aromatic heterocycles. The van der Waals surface area contributed by atoms with Crippen LogP contribution in [0.3, 0.4) is 0 Å². The summed E-state index contributed by atoms with van der Waals surface area (Å²) in [5.41, 5.74) is 0. The van der Waals surface area contributed by atoms with Gasteiger partial charge in [-0.2, -0.15) is 0 Å². The molecule has 5 nitrogen and oxygen atoms in total. The summed E-state index contributed by atoms with van der Waals surface area (Å²) in [4.78, 5) is 20.0. The van der Waals surface area contributed by atoms with Gasteiger partial charge in [0, 0.05) is 0 Å². The van der Waals surface area contributed by atoms with Gasteiger partial charge in [0.15, 0.2) is 0 Å². The molecular weight excluding hydrogens is 171 g/mol. The minimum atomic E-state index is -2.87. The SMILES string of the molecule is COC(=O)C[P]1(O)OCCO1. The molecule has 0 aromatic rings. The van der Waals surface area contributed by atoms with E-state index in [1.807, 2.05) is 0 Å². The zero-order valence-electron chi connectivity index (χ0n) is 6.15. The van der Waals surface area contributed by atoms with Gasteiger partial charge in [0.2, 0.25) is 7.94 Å². The van der Waals surface area contributed by atoms with Crippen molar-refractivity contribution in [2.45, 2.75) is 0 Å². The van der Waals surface area contributed by atoms with Crippen molar-refractivity contribution in [1.29, 1.82) is 0 Å². The first-order chi connectivity index (χ1) is 5.16. The van der Waals surface area contributed by atoms with Crippen LogP contribution < -0.4 is 0 Å². The fourth-order valence-electron chi connectivity index (χ4n) is 0.716. The monoisotopic (exact) mass is 181 g/mol. The number of methoxy groups -OCH3 is 1. The van der Waals surface area contributed by atoms with Gasteiger partial charge in [0.25, 0.3) is 0 Å². The molecule has 1 aliphatic rings. The molecule has 1 saturated heterocycles. The molecule has 6 heteroatoms. The fraction of sp³-hybridized carbons (Fsp3) is 0.800. The molecule has 1 fully saturated rings. The van der Waals surface area contributed by atoms with E-state index in [9.17, 15) is 9.69 Å². The summed E-state index contributed by atoms with van der Waals surface area (Å²) in [5.74, 6) is -0.511. The number of hydrogen-bond acceptors (Lipinski definition) is 5. The molecule has 65 valence electrons. The molecule has 1 radical (unpaired) electrons. The van der Waals surface area contributed by atoms with Gasteiger partial charge in [-0.1, -0.05) is 0 Å². The Morgan fingerprint density at radius 2 is 2.18 bits per heavy atom. The van der Waals surface area contributed by atoms with E-state index in [2.05, 4.69) is 4.74 Å². The van der Waals surface area contributed by atoms with Crippen molar-refractivity contribution in [2.24, 2.45) is 0 Å². The van der Waals surface area contributed by atoms with Crippen molar-refractivity contribution < 1.29 is 23.5 Å². The lowest BCUT2D eigenvalue weighted by Gasteiger charge is -2.19. The summed E-state index contributed by atoms with van der Waals surface area (Å²) < 4.78 is 14.1. The topological polar surface area (TPSA) is 65.0 Å². The second-order valence-corrected chi connectivity index (χ2v) is 4.15. The molecule has 0 spiro atoms. The number of ether oxygens (including phenoxy) is 1. The highest BCUT2D eigenvalue weighted by Crippen LogP contribution is 2.59. The maximum Gasteiger partial charge on any atom is 0.316 e. The first-order valence-electron chi connectivity index (χ1n) is 3.13. The summed E-state index contributed by atoms with van der Waals surface area (Å²) in [5, 5.41) is 0. The Morgan fingerprint density at radius 3 is 2.64 bits per heavy atom. The molecule has 0 unspecified atom stereocenters. The highest BCUT2D eigenvalue weighted by atomic mass is 31.2. The van der Waals surface area contributed by atoms with Crippen LogP contribution in [0.15, 0.2) is 0 Å². The van der Waals surface area contributed by atoms with Crippen LogP contribution in [0.5, 0.6) is 0 Å². The van der Waals surface area contributed by atoms with Crippen molar-refractivity contribution in [3.63, 3.8) is 0 Å². The Labute approximate surface area is 64.8 Å². The maximum atomic E-state index is 10.7. The van der Waals surface area contributed by atoms with Crippen LogP contribution in [0.25, 0.3) is 0 Å². The lowest BCUT2D eigenvalue weighted by Crippen LogP contribution is -2.11. The Bertz CT molecular complexity index is 153. The van der Waals surface area contributed by atoms with Gasteiger partial charge in [0.05, 0.1) is 20.3 Å². The van der Waals surface area contributed by atoms with Crippen molar-refractivity contribution in [3.05, 3.63) is 0 Å². The van der Waals surface area contributed by atoms with Crippen LogP contribution in [-0.2, 0) is 18.6 Å². The number of esters is 1. The molecule has 1 rings (SSSR count). The van der Waals surface area contributed by atoms with E-state index in [0.29, 0.717) is 13.2 Å². The third kappa shape index (κ3) is 2.38. The number of carbonyl (C=O) groups is 1. The molecule has 0 amide bonds. The third-order valence-corrected chi connectivity index (χ3v) is 3.06. The highest BCUT2D eigenvalue weighted by molar-refractivity contribution is 7.61. The van der Waals surface area contributed by atoms with E-state index in [1.165, 1.54) is 7.11 Å². The van der Waals surface area contributed by atoms with Crippen LogP contribution in [0.1, 0.15) is 0 Å². The van der Waals surface area contributed by atoms with Crippen LogP contribution in [-0.4, -0.2) is 37.3 Å². The zero-order chi connectivity index (χ0) is 8.32. The second kappa shape index (κ2) is 3.45. The van der Waals surface area contributed by atoms with E-state index in [-0.39, 0.29) is 6.16 Å². The molecule has 0 bridgehead atoms. The third-order valence-electron chi connectivity index (χ3n) is 1.23. The van der Waals surface area contributed by atoms with Gasteiger partial charge in [0.1, 0.15) is 6.16 Å². The van der Waals surface area contributed by atoms with Crippen molar-refractivity contribution >= 4 is 13.9 Å². The van der Waals surface area contributed by atoms with Crippen LogP contribution >= 0.6 is 7.94 Å². The largest absolute Gasteiger partial charge is 0.469 e. The number of carbonyl (C=O) groups excluding carboxylic acids is 1. The summed E-state index contributed by atoms with van der Waals surface area (Å²) in [7, 11) is -1.61. The molecule has 1 heterocycles. The zero-order valence-corrected chi connectivity index (χ0v) is 7.04. The Hall–Kier alpha value is -0.220. The fourth-order valence-corrected chi connectivity index (χ4v) is 2.15. The molecule has 0 aliphatic carbocycles. The van der Waals surface area contributed by atoms with E-state index < -0.39 is 13.9 Å². The predicted octanol–water partition coefficient (Wildman–Crippen LogP) is -0.0389. The highest BCUT2D eigenvalue weighted by Gasteiger charge is 2.35. The first kappa shape index (κ1) is 8.87. The predicted molar refractivity (Wildman–Crippen MR) is 37.9 cm³/mol. The van der Waals surface area contributed by atoms with Crippen molar-refractivity contribution in [3.8, 4) is 0 Å². The van der Waals surface area contributed by atoms with Crippen LogP contribution in [0.2, 0.25) is 0 Å². The Morgan fingerprint density at radius 1 is 1.64 bits per heavy atom. The smallest absolute Gasteiger partial charge is 0.316 e. The maximum absolute atomic E-state index is 10.7. The van der Waals surface area contributed by atoms with Gasteiger partial charge in [-0.25, -0.2) is 0 Å². The Kier molecular flexibility index (Phi) is 2.78. The molecular formula is C5H10O5P. The average molecular weight is 181 g/mol. The molecule has 1 N–H and O–H groups in total. The Balaban J connectivity index is 2.39. The second-order valence-electron chi connectivity index (χ2n) is 2.04. The molecule has 11 heavy (non-hydrogen) atoms. The lowest BCUT2D eigenvalue weighted by atomic mass is 10.8. The van der Waals surface area contributed by atoms with Gasteiger partial charge in [-0.15, -0.1) is 0 Å². The van der Waals surface area contributed by atoms with E-state index in [4.69, 9.17) is 9.05 Å². The summed E-state index contributed by atoms with van der Waals surface area (Å²) in [6, 6.07) is 0. The molecule has 1 aliphatic heterocycles. The quantitative estimate of drug-likeness (QED) is 0.478. The number of rotatable bonds is 2. The van der Waals surface area contributed by atoms with E-state index in [0.717, 1.165) is 0 Å². The molecule has 0 saturated carbocycles. The summed E-state index contributed by atoms with van der Waals surface area (Å²) in [6.07, 6.45) is -0.177. The van der Waals surface area contributed by atoms with Gasteiger partial charge >= 0.3 is 5.97 Å². The number of hydrogen-bond donors (Lipinski definition) is 1. The first-order valence-corrected chi connectivity index (χ1v) is 4.89. The van der Waals surface area contributed by atoms with E-state index >= 15 is 0 Å². The van der Waals surface area contributed by atoms with Gasteiger partial charge < -0.3 is 18.7 Å². The molecule has 0 aromatic carbocycles. The van der Waals surface area contributed by atoms with Crippen molar-refractivity contribution in [1.82, 2.24) is 0 Å². The summed E-state index contributed by atoms with van der Waals surface area (Å²) >= 11 is 0. The van der Waals surface area contributed by atoms with E-state index in [1.54, 1.807) is 0 Å².